The number of fused-ring (bicyclic) bond motifs is 4. The molecular formula is C68H76N8O11. The first-order chi connectivity index (χ1) is 42.0. The molecule has 5 atom stereocenters. The van der Waals surface area contributed by atoms with E-state index in [2.05, 4.69) is 58.3 Å². The largest absolute Gasteiger partial charge is 0.489 e. The number of amides is 5. The van der Waals surface area contributed by atoms with Gasteiger partial charge in [0.2, 0.25) is 11.8 Å². The van der Waals surface area contributed by atoms with E-state index in [9.17, 15) is 28.8 Å². The van der Waals surface area contributed by atoms with Crippen LogP contribution < -0.4 is 15.2 Å². The Balaban J connectivity index is 0.637. The molecule has 5 saturated heterocycles. The molecule has 9 heterocycles. The van der Waals surface area contributed by atoms with Gasteiger partial charge in [-0.15, -0.1) is 0 Å². The van der Waals surface area contributed by atoms with Crippen molar-refractivity contribution in [1.82, 2.24) is 34.5 Å². The molecule has 4 aromatic carbocycles. The van der Waals surface area contributed by atoms with Crippen molar-refractivity contribution in [2.24, 2.45) is 5.73 Å². The molecule has 6 aromatic rings. The van der Waals surface area contributed by atoms with E-state index in [-0.39, 0.29) is 38.1 Å². The second kappa shape index (κ2) is 24.4. The van der Waals surface area contributed by atoms with E-state index in [1.165, 1.54) is 26.3 Å². The fourth-order valence-corrected chi connectivity index (χ4v) is 14.0. The lowest BCUT2D eigenvalue weighted by molar-refractivity contribution is -0.173. The van der Waals surface area contributed by atoms with E-state index in [0.717, 1.165) is 110 Å². The minimum Gasteiger partial charge on any atom is -0.489 e. The van der Waals surface area contributed by atoms with Gasteiger partial charge in [-0.2, -0.15) is 0 Å². The van der Waals surface area contributed by atoms with Crippen molar-refractivity contribution in [2.45, 2.75) is 153 Å². The number of aromatic nitrogens is 2. The summed E-state index contributed by atoms with van der Waals surface area (Å²) in [5.41, 5.74) is 11.7. The summed E-state index contributed by atoms with van der Waals surface area (Å²) in [6, 6.07) is 24.0. The average Bonchev–Trinajstić information content (AvgIpc) is 2.45. The number of piperidine rings is 1. The van der Waals surface area contributed by atoms with Gasteiger partial charge >= 0.3 is 5.97 Å². The summed E-state index contributed by atoms with van der Waals surface area (Å²) < 4.78 is 30.0. The highest BCUT2D eigenvalue weighted by Gasteiger charge is 2.50. The number of carbonyl (C=O) groups excluding carboxylic acids is 6. The number of ether oxygens (including phenoxy) is 5. The summed E-state index contributed by atoms with van der Waals surface area (Å²) in [5.74, 6) is -2.05. The lowest BCUT2D eigenvalue weighted by Gasteiger charge is -2.40. The van der Waals surface area contributed by atoms with Crippen LogP contribution in [-0.2, 0) is 59.6 Å². The first-order valence-corrected chi connectivity index (χ1v) is 31.0. The summed E-state index contributed by atoms with van der Waals surface area (Å²) in [4.78, 5) is 103. The number of carbonyl (C=O) groups is 6. The van der Waals surface area contributed by atoms with Crippen LogP contribution in [0.15, 0.2) is 97.3 Å². The van der Waals surface area contributed by atoms with Gasteiger partial charge in [0, 0.05) is 126 Å². The average molecular weight is 1180 g/mol. The van der Waals surface area contributed by atoms with Gasteiger partial charge in [-0.25, -0.2) is 4.79 Å². The summed E-state index contributed by atoms with van der Waals surface area (Å²) in [5, 5.41) is 4.60. The molecule has 7 aliphatic rings. The highest BCUT2D eigenvalue weighted by Crippen LogP contribution is 2.37. The van der Waals surface area contributed by atoms with Gasteiger partial charge in [-0.1, -0.05) is 24.3 Å². The maximum atomic E-state index is 14.9. The Morgan fingerprint density at radius 3 is 1.68 bits per heavy atom. The number of hydrogen-bond acceptors (Lipinski definition) is 15. The highest BCUT2D eigenvalue weighted by molar-refractivity contribution is 6.08. The zero-order chi connectivity index (χ0) is 60.1. The van der Waals surface area contributed by atoms with E-state index in [4.69, 9.17) is 39.4 Å². The third-order valence-corrected chi connectivity index (χ3v) is 18.6. The molecule has 0 unspecified atom stereocenters. The van der Waals surface area contributed by atoms with Crippen LogP contribution in [0.1, 0.15) is 145 Å². The standard InChI is InChI=1S/C68H76N8O11/c1-68(2,3)87-67(82)61(32-60(63(69)78)75-36-50-31-54(9-11-58(50)65(75)80)86-56-15-21-73(40-56)38-52-29-46-7-5-44(27-48(46)34-71-52)42-18-24-84-25-19-42)76-62(77)13-12-59(66(76)81)74-35-49-30-53(8-10-57(49)64(74)79)85-55-14-20-72(39-55)37-51-28-45-6-4-43(26-47(45)33-70-51)41-16-22-83-23-17-41/h4-11,26-31,33-34,41-42,55-56,59-61H,12-25,32,35-40H2,1-3H3,(H2,69,78)/t55-,56-,59-,60-,61-/m0/s1. The maximum Gasteiger partial charge on any atom is 0.329 e. The predicted molar refractivity (Wildman–Crippen MR) is 322 cm³/mol. The van der Waals surface area contributed by atoms with Crippen LogP contribution in [0.4, 0.5) is 0 Å². The molecule has 87 heavy (non-hydrogen) atoms. The second-order valence-corrected chi connectivity index (χ2v) is 25.7. The van der Waals surface area contributed by atoms with Crippen LogP contribution in [0.2, 0.25) is 0 Å². The zero-order valence-electron chi connectivity index (χ0n) is 49.8. The molecule has 0 spiro atoms. The van der Waals surface area contributed by atoms with Gasteiger partial charge in [0.25, 0.3) is 17.7 Å². The fourth-order valence-electron chi connectivity index (χ4n) is 14.0. The minimum absolute atomic E-state index is 0.0158. The number of likely N-dealkylation sites (tertiary alicyclic amines) is 3. The van der Waals surface area contributed by atoms with E-state index >= 15 is 0 Å². The van der Waals surface area contributed by atoms with Crippen LogP contribution in [0.3, 0.4) is 0 Å². The minimum atomic E-state index is -1.66. The number of hydrogen-bond donors (Lipinski definition) is 1. The van der Waals surface area contributed by atoms with Crippen molar-refractivity contribution in [3.05, 3.63) is 142 Å². The maximum absolute atomic E-state index is 14.9. The molecule has 5 amide bonds. The van der Waals surface area contributed by atoms with Crippen molar-refractivity contribution < 1.29 is 52.5 Å². The molecule has 13 rings (SSSR count). The third kappa shape index (κ3) is 12.5. The number of nitrogens with zero attached hydrogens (tertiary/aromatic N) is 7. The van der Waals surface area contributed by atoms with Gasteiger partial charge in [-0.3, -0.25) is 48.6 Å². The van der Waals surface area contributed by atoms with Gasteiger partial charge in [0.15, 0.2) is 0 Å². The van der Waals surface area contributed by atoms with Gasteiger partial charge in [0.1, 0.15) is 47.4 Å². The van der Waals surface area contributed by atoms with Crippen LogP contribution in [0.25, 0.3) is 21.5 Å². The molecule has 0 bridgehead atoms. The molecule has 19 heteroatoms. The smallest absolute Gasteiger partial charge is 0.329 e. The monoisotopic (exact) mass is 1180 g/mol. The van der Waals surface area contributed by atoms with Gasteiger partial charge < -0.3 is 39.2 Å². The quantitative estimate of drug-likeness (QED) is 0.0677. The van der Waals surface area contributed by atoms with Gasteiger partial charge in [0.05, 0.1) is 11.4 Å². The molecule has 2 aromatic heterocycles. The van der Waals surface area contributed by atoms with E-state index < -0.39 is 65.7 Å². The topological polar surface area (TPSA) is 217 Å². The van der Waals surface area contributed by atoms with Gasteiger partial charge in [-0.05, 0) is 171 Å². The molecule has 7 aliphatic heterocycles. The second-order valence-electron chi connectivity index (χ2n) is 25.7. The molecule has 0 aliphatic carbocycles. The Kier molecular flexibility index (Phi) is 16.3. The SMILES string of the molecule is CC(C)(C)OC(=O)[C@H](C[C@@H](C(N)=O)N1Cc2cc(O[C@H]3CCN(Cc4cc5ccc(C6CCOCC6)cc5cn4)C3)ccc2C1=O)N1C(=O)CC[C@H](N2Cc3cc(O[C@H]4CCN(Cc5cc6ccc(C7CCOCC7)cc6cn5)C4)ccc3C2=O)C1=O. The Hall–Kier alpha value is -7.84. The number of pyridine rings is 2. The first-order valence-electron chi connectivity index (χ1n) is 31.0. The van der Waals surface area contributed by atoms with E-state index in [1.54, 1.807) is 51.1 Å². The summed E-state index contributed by atoms with van der Waals surface area (Å²) in [7, 11) is 0. The number of benzene rings is 4. The van der Waals surface area contributed by atoms with E-state index in [1.807, 2.05) is 18.5 Å². The van der Waals surface area contributed by atoms with Crippen molar-refractivity contribution in [3.8, 4) is 11.5 Å². The number of nitrogens with two attached hydrogens (primary N) is 1. The lowest BCUT2D eigenvalue weighted by Crippen LogP contribution is -2.61. The summed E-state index contributed by atoms with van der Waals surface area (Å²) in [6.45, 7) is 12.6. The molecule has 0 saturated carbocycles. The van der Waals surface area contributed by atoms with E-state index in [0.29, 0.717) is 71.8 Å². The first kappa shape index (κ1) is 58.2. The number of esters is 1. The molecular weight excluding hydrogens is 1100 g/mol. The van der Waals surface area contributed by atoms with Crippen LogP contribution in [-0.4, -0.2) is 159 Å². The summed E-state index contributed by atoms with van der Waals surface area (Å²) in [6.07, 6.45) is 8.78. The Bertz CT molecular complexity index is 3670. The molecule has 0 radical (unpaired) electrons. The number of rotatable bonds is 17. The van der Waals surface area contributed by atoms with Crippen molar-refractivity contribution in [2.75, 3.05) is 52.6 Å². The molecule has 5 fully saturated rings. The highest BCUT2D eigenvalue weighted by atomic mass is 16.6. The fraction of sp³-hybridized carbons (Fsp3) is 0.471. The van der Waals surface area contributed by atoms with Crippen molar-refractivity contribution >= 4 is 57.1 Å². The molecule has 2 N–H and O–H groups in total. The Morgan fingerprint density at radius 1 is 0.621 bits per heavy atom. The van der Waals surface area contributed by atoms with Crippen LogP contribution in [0.5, 0.6) is 11.5 Å². The van der Waals surface area contributed by atoms with Crippen LogP contribution >= 0.6 is 0 Å². The van der Waals surface area contributed by atoms with Crippen molar-refractivity contribution in [1.29, 1.82) is 0 Å². The normalized spacial score (nSPS) is 22.3. The van der Waals surface area contributed by atoms with Crippen molar-refractivity contribution in [3.63, 3.8) is 0 Å². The Labute approximate surface area is 506 Å². The predicted octanol–water partition coefficient (Wildman–Crippen LogP) is 7.96. The Morgan fingerprint density at radius 2 is 1.15 bits per heavy atom. The number of imide groups is 1. The zero-order valence-corrected chi connectivity index (χ0v) is 49.8. The van der Waals surface area contributed by atoms with Crippen LogP contribution in [0, 0.1) is 0 Å². The molecule has 454 valence electrons. The third-order valence-electron chi connectivity index (χ3n) is 18.6. The molecule has 19 nitrogen and oxygen atoms in total. The number of primary amides is 1. The lowest BCUT2D eigenvalue weighted by atomic mass is 9.90. The summed E-state index contributed by atoms with van der Waals surface area (Å²) >= 11 is 0.